The predicted molar refractivity (Wildman–Crippen MR) is 109 cm³/mol. The lowest BCUT2D eigenvalue weighted by molar-refractivity contribution is 0.0947. The van der Waals surface area contributed by atoms with Crippen molar-refractivity contribution in [2.24, 2.45) is 0 Å². The van der Waals surface area contributed by atoms with Gasteiger partial charge >= 0.3 is 0 Å². The molecular formula is C21H22N2O4S. The number of sulfonamides is 1. The molecule has 6 nitrogen and oxygen atoms in total. The van der Waals surface area contributed by atoms with Gasteiger partial charge in [-0.2, -0.15) is 0 Å². The Bertz CT molecular complexity index is 1060. The van der Waals surface area contributed by atoms with Crippen molar-refractivity contribution in [3.8, 4) is 5.75 Å². The summed E-state index contributed by atoms with van der Waals surface area (Å²) in [6, 6.07) is 19.6. The topological polar surface area (TPSA) is 84.5 Å². The van der Waals surface area contributed by atoms with E-state index in [0.29, 0.717) is 25.3 Å². The van der Waals surface area contributed by atoms with Crippen LogP contribution >= 0.6 is 0 Å². The number of hydrogen-bond donors (Lipinski definition) is 2. The van der Waals surface area contributed by atoms with E-state index in [9.17, 15) is 13.2 Å². The molecule has 0 fully saturated rings. The summed E-state index contributed by atoms with van der Waals surface area (Å²) in [7, 11) is -3.52. The fourth-order valence-corrected chi connectivity index (χ4v) is 3.85. The van der Waals surface area contributed by atoms with E-state index < -0.39 is 10.0 Å². The number of amides is 1. The van der Waals surface area contributed by atoms with Gasteiger partial charge in [0.15, 0.2) is 0 Å². The summed E-state index contributed by atoms with van der Waals surface area (Å²) in [5.74, 6) is 0.485. The third-order valence-corrected chi connectivity index (χ3v) is 5.72. The molecule has 0 radical (unpaired) electrons. The lowest BCUT2D eigenvalue weighted by Crippen LogP contribution is -2.28. The third kappa shape index (κ3) is 4.68. The van der Waals surface area contributed by atoms with Gasteiger partial charge in [-0.05, 0) is 35.7 Å². The Hall–Kier alpha value is -2.90. The van der Waals surface area contributed by atoms with E-state index in [0.717, 1.165) is 16.5 Å². The Balaban J connectivity index is 1.54. The maximum Gasteiger partial charge on any atom is 0.251 e. The molecule has 0 atom stereocenters. The average molecular weight is 398 g/mol. The van der Waals surface area contributed by atoms with Crippen LogP contribution in [0.1, 0.15) is 17.3 Å². The number of nitrogens with one attached hydrogen (secondary N) is 2. The maximum atomic E-state index is 12.2. The molecule has 2 N–H and O–H groups in total. The Morgan fingerprint density at radius 1 is 0.964 bits per heavy atom. The van der Waals surface area contributed by atoms with Crippen molar-refractivity contribution < 1.29 is 17.9 Å². The Morgan fingerprint density at radius 3 is 2.43 bits per heavy atom. The van der Waals surface area contributed by atoms with Crippen LogP contribution in [-0.2, 0) is 10.0 Å². The first-order valence-corrected chi connectivity index (χ1v) is 10.5. The molecule has 0 aliphatic heterocycles. The average Bonchev–Trinajstić information content (AvgIpc) is 2.71. The van der Waals surface area contributed by atoms with Crippen molar-refractivity contribution in [2.75, 3.05) is 19.7 Å². The third-order valence-electron chi connectivity index (χ3n) is 4.16. The van der Waals surface area contributed by atoms with Crippen LogP contribution in [0.5, 0.6) is 5.75 Å². The molecule has 146 valence electrons. The molecular weight excluding hydrogens is 376 g/mol. The molecule has 0 aliphatic rings. The van der Waals surface area contributed by atoms with Gasteiger partial charge in [-0.1, -0.05) is 43.3 Å². The van der Waals surface area contributed by atoms with Gasteiger partial charge in [0.1, 0.15) is 12.4 Å². The predicted octanol–water partition coefficient (Wildman–Crippen LogP) is 2.95. The molecule has 3 aromatic carbocycles. The number of fused-ring (bicyclic) bond motifs is 1. The summed E-state index contributed by atoms with van der Waals surface area (Å²) in [5.41, 5.74) is 0.389. The molecule has 3 aromatic rings. The summed E-state index contributed by atoms with van der Waals surface area (Å²) < 4.78 is 32.1. The van der Waals surface area contributed by atoms with E-state index in [1.54, 1.807) is 6.92 Å². The molecule has 0 saturated carbocycles. The first kappa shape index (κ1) is 19.9. The first-order chi connectivity index (χ1) is 13.5. The number of hydrogen-bond acceptors (Lipinski definition) is 4. The van der Waals surface area contributed by atoms with Gasteiger partial charge in [0.05, 0.1) is 11.4 Å². The molecule has 0 aromatic heterocycles. The lowest BCUT2D eigenvalue weighted by atomic mass is 10.1. The van der Waals surface area contributed by atoms with Crippen molar-refractivity contribution in [1.82, 2.24) is 10.0 Å². The summed E-state index contributed by atoms with van der Waals surface area (Å²) >= 11 is 0. The first-order valence-electron chi connectivity index (χ1n) is 9.00. The fourth-order valence-electron chi connectivity index (χ4n) is 2.81. The summed E-state index contributed by atoms with van der Waals surface area (Å²) in [5, 5.41) is 4.89. The quantitative estimate of drug-likeness (QED) is 0.572. The van der Waals surface area contributed by atoms with Crippen LogP contribution in [0.25, 0.3) is 10.8 Å². The van der Waals surface area contributed by atoms with Crippen molar-refractivity contribution in [2.45, 2.75) is 11.8 Å². The molecule has 7 heteroatoms. The molecule has 3 rings (SSSR count). The van der Waals surface area contributed by atoms with Crippen molar-refractivity contribution in [1.29, 1.82) is 0 Å². The second-order valence-corrected chi connectivity index (χ2v) is 7.87. The fraction of sp³-hybridized carbons (Fsp3) is 0.190. The lowest BCUT2D eigenvalue weighted by Gasteiger charge is -2.10. The van der Waals surface area contributed by atoms with Gasteiger partial charge in [-0.3, -0.25) is 4.79 Å². The minimum Gasteiger partial charge on any atom is -0.491 e. The van der Waals surface area contributed by atoms with Gasteiger partial charge in [0.2, 0.25) is 10.0 Å². The Kier molecular flexibility index (Phi) is 6.28. The number of benzene rings is 3. The van der Waals surface area contributed by atoms with Gasteiger partial charge in [-0.15, -0.1) is 0 Å². The van der Waals surface area contributed by atoms with Crippen LogP contribution < -0.4 is 14.8 Å². The van der Waals surface area contributed by atoms with Gasteiger partial charge in [0, 0.05) is 17.5 Å². The van der Waals surface area contributed by atoms with Crippen LogP contribution in [0.2, 0.25) is 0 Å². The monoisotopic (exact) mass is 398 g/mol. The number of rotatable bonds is 8. The van der Waals surface area contributed by atoms with Crippen molar-refractivity contribution in [3.05, 3.63) is 72.3 Å². The van der Waals surface area contributed by atoms with Gasteiger partial charge in [-0.25, -0.2) is 13.1 Å². The van der Waals surface area contributed by atoms with E-state index in [2.05, 4.69) is 10.0 Å². The summed E-state index contributed by atoms with van der Waals surface area (Å²) in [4.78, 5) is 12.4. The van der Waals surface area contributed by atoms with E-state index in [4.69, 9.17) is 4.74 Å². The minimum atomic E-state index is -3.52. The second-order valence-electron chi connectivity index (χ2n) is 6.11. The van der Waals surface area contributed by atoms with Crippen LogP contribution in [0.3, 0.4) is 0 Å². The van der Waals surface area contributed by atoms with Gasteiger partial charge in [0.25, 0.3) is 5.91 Å². The SMILES string of the molecule is CCNS(=O)(=O)c1ccc(C(=O)NCCOc2cccc3ccccc23)cc1. The van der Waals surface area contributed by atoms with Gasteiger partial charge < -0.3 is 10.1 Å². The zero-order chi connectivity index (χ0) is 20.0. The minimum absolute atomic E-state index is 0.130. The zero-order valence-electron chi connectivity index (χ0n) is 15.5. The standard InChI is InChI=1S/C21H22N2O4S/c1-2-23-28(25,26)18-12-10-17(11-13-18)21(24)22-14-15-27-20-9-5-7-16-6-3-4-8-19(16)20/h3-13,23H,2,14-15H2,1H3,(H,22,24). The molecule has 0 heterocycles. The van der Waals surface area contributed by atoms with Crippen LogP contribution in [-0.4, -0.2) is 34.0 Å². The van der Waals surface area contributed by atoms with E-state index in [1.807, 2.05) is 42.5 Å². The highest BCUT2D eigenvalue weighted by Crippen LogP contribution is 2.24. The molecule has 1 amide bonds. The van der Waals surface area contributed by atoms with Crippen LogP contribution in [0, 0.1) is 0 Å². The van der Waals surface area contributed by atoms with E-state index in [1.165, 1.54) is 24.3 Å². The second kappa shape index (κ2) is 8.86. The highest BCUT2D eigenvalue weighted by molar-refractivity contribution is 7.89. The summed E-state index contributed by atoms with van der Waals surface area (Å²) in [6.45, 7) is 2.67. The van der Waals surface area contributed by atoms with E-state index >= 15 is 0 Å². The van der Waals surface area contributed by atoms with Crippen LogP contribution in [0.15, 0.2) is 71.6 Å². The van der Waals surface area contributed by atoms with E-state index in [-0.39, 0.29) is 10.8 Å². The molecule has 0 spiro atoms. The zero-order valence-corrected chi connectivity index (χ0v) is 16.3. The number of carbonyl (C=O) groups excluding carboxylic acids is 1. The van der Waals surface area contributed by atoms with Crippen molar-refractivity contribution >= 4 is 26.7 Å². The smallest absolute Gasteiger partial charge is 0.251 e. The van der Waals surface area contributed by atoms with Crippen molar-refractivity contribution in [3.63, 3.8) is 0 Å². The molecule has 28 heavy (non-hydrogen) atoms. The number of carbonyl (C=O) groups is 1. The van der Waals surface area contributed by atoms with Crippen LogP contribution in [0.4, 0.5) is 0 Å². The molecule has 0 unspecified atom stereocenters. The largest absolute Gasteiger partial charge is 0.491 e. The molecule has 0 bridgehead atoms. The highest BCUT2D eigenvalue weighted by Gasteiger charge is 2.13. The Labute approximate surface area is 164 Å². The Morgan fingerprint density at radius 2 is 1.68 bits per heavy atom. The molecule has 0 aliphatic carbocycles. The maximum absolute atomic E-state index is 12.2. The normalized spacial score (nSPS) is 11.3. The number of ether oxygens (including phenoxy) is 1. The highest BCUT2D eigenvalue weighted by atomic mass is 32.2. The summed E-state index contributed by atoms with van der Waals surface area (Å²) in [6.07, 6.45) is 0. The molecule has 0 saturated heterocycles.